The van der Waals surface area contributed by atoms with Gasteiger partial charge in [-0.2, -0.15) is 0 Å². The van der Waals surface area contributed by atoms with Crippen molar-refractivity contribution in [2.24, 2.45) is 5.92 Å². The van der Waals surface area contributed by atoms with E-state index in [-0.39, 0.29) is 11.4 Å². The zero-order valence-electron chi connectivity index (χ0n) is 12.2. The average Bonchev–Trinajstić information content (AvgIpc) is 2.94. The van der Waals surface area contributed by atoms with E-state index in [1.54, 1.807) is 6.26 Å². The molecule has 1 saturated carbocycles. The fourth-order valence-electron chi connectivity index (χ4n) is 3.07. The van der Waals surface area contributed by atoms with Crippen LogP contribution in [-0.2, 0) is 0 Å². The SMILES string of the molecule is CC1CCC(CBr)(NC(=O)c2coc3ccccc23)CC1. The quantitative estimate of drug-likeness (QED) is 0.828. The molecule has 3 nitrogen and oxygen atoms in total. The molecule has 1 N–H and O–H groups in total. The van der Waals surface area contributed by atoms with E-state index >= 15 is 0 Å². The number of fused-ring (bicyclic) bond motifs is 1. The Morgan fingerprint density at radius 3 is 2.81 bits per heavy atom. The molecule has 0 bridgehead atoms. The summed E-state index contributed by atoms with van der Waals surface area (Å²) in [5.41, 5.74) is 1.26. The Hall–Kier alpha value is -1.29. The summed E-state index contributed by atoms with van der Waals surface area (Å²) in [6.07, 6.45) is 5.95. The minimum Gasteiger partial charge on any atom is -0.463 e. The van der Waals surface area contributed by atoms with Gasteiger partial charge in [-0.05, 0) is 37.7 Å². The number of alkyl halides is 1. The van der Waals surface area contributed by atoms with Gasteiger partial charge in [-0.15, -0.1) is 0 Å². The molecule has 0 atom stereocenters. The normalized spacial score (nSPS) is 25.9. The van der Waals surface area contributed by atoms with Crippen molar-refractivity contribution in [3.05, 3.63) is 36.1 Å². The van der Waals surface area contributed by atoms with Crippen molar-refractivity contribution in [3.63, 3.8) is 0 Å². The van der Waals surface area contributed by atoms with Gasteiger partial charge in [-0.25, -0.2) is 0 Å². The number of hydrogen-bond acceptors (Lipinski definition) is 2. The minimum absolute atomic E-state index is 0.0334. The summed E-state index contributed by atoms with van der Waals surface area (Å²) in [4.78, 5) is 12.6. The molecule has 1 aromatic heterocycles. The van der Waals surface area contributed by atoms with Gasteiger partial charge in [0.1, 0.15) is 11.8 Å². The number of furan rings is 1. The molecule has 0 aliphatic heterocycles. The second-order valence-corrected chi connectivity index (χ2v) is 6.76. The van der Waals surface area contributed by atoms with Crippen molar-refractivity contribution >= 4 is 32.8 Å². The first-order chi connectivity index (χ1) is 10.1. The van der Waals surface area contributed by atoms with Crippen LogP contribution in [0.5, 0.6) is 0 Å². The maximum absolute atomic E-state index is 12.6. The maximum atomic E-state index is 12.6. The Kier molecular flexibility index (Phi) is 4.07. The molecule has 1 heterocycles. The Morgan fingerprint density at radius 2 is 2.10 bits per heavy atom. The first-order valence-corrected chi connectivity index (χ1v) is 8.60. The Bertz CT molecular complexity index is 641. The number of benzene rings is 1. The summed E-state index contributed by atoms with van der Waals surface area (Å²) < 4.78 is 5.47. The lowest BCUT2D eigenvalue weighted by atomic mass is 9.78. The van der Waals surface area contributed by atoms with Crippen molar-refractivity contribution < 1.29 is 9.21 Å². The number of nitrogens with one attached hydrogen (secondary N) is 1. The predicted octanol–water partition coefficient (Wildman–Crippen LogP) is 4.51. The standard InChI is InChI=1S/C17H20BrNO2/c1-12-6-8-17(11-18,9-7-12)19-16(20)14-10-21-15-5-3-2-4-13(14)15/h2-5,10,12H,6-9,11H2,1H3,(H,19,20). The molecule has 1 aromatic carbocycles. The van der Waals surface area contributed by atoms with Crippen molar-refractivity contribution in [3.8, 4) is 0 Å². The number of carbonyl (C=O) groups excluding carboxylic acids is 1. The number of rotatable bonds is 3. The highest BCUT2D eigenvalue weighted by molar-refractivity contribution is 9.09. The van der Waals surface area contributed by atoms with E-state index < -0.39 is 0 Å². The number of amides is 1. The third-order valence-electron chi connectivity index (χ3n) is 4.59. The highest BCUT2D eigenvalue weighted by Gasteiger charge is 2.35. The van der Waals surface area contributed by atoms with E-state index in [2.05, 4.69) is 28.2 Å². The van der Waals surface area contributed by atoms with Crippen LogP contribution in [0.3, 0.4) is 0 Å². The molecule has 0 saturated heterocycles. The second-order valence-electron chi connectivity index (χ2n) is 6.20. The molecule has 0 unspecified atom stereocenters. The fraction of sp³-hybridized carbons (Fsp3) is 0.471. The summed E-state index contributed by atoms with van der Waals surface area (Å²) in [6, 6.07) is 7.65. The average molecular weight is 350 g/mol. The Morgan fingerprint density at radius 1 is 1.38 bits per heavy atom. The van der Waals surface area contributed by atoms with Gasteiger partial charge in [0.2, 0.25) is 0 Å². The van der Waals surface area contributed by atoms with Crippen LogP contribution in [0.2, 0.25) is 0 Å². The molecule has 1 aliphatic carbocycles. The summed E-state index contributed by atoms with van der Waals surface area (Å²) in [7, 11) is 0. The molecule has 0 spiro atoms. The van der Waals surface area contributed by atoms with Crippen molar-refractivity contribution in [2.75, 3.05) is 5.33 Å². The van der Waals surface area contributed by atoms with Crippen molar-refractivity contribution in [2.45, 2.75) is 38.1 Å². The van der Waals surface area contributed by atoms with E-state index in [4.69, 9.17) is 4.42 Å². The zero-order chi connectivity index (χ0) is 14.9. The third-order valence-corrected chi connectivity index (χ3v) is 5.66. The maximum Gasteiger partial charge on any atom is 0.255 e. The van der Waals surface area contributed by atoms with Gasteiger partial charge in [0.25, 0.3) is 5.91 Å². The van der Waals surface area contributed by atoms with E-state index in [1.165, 1.54) is 0 Å². The van der Waals surface area contributed by atoms with Gasteiger partial charge < -0.3 is 9.73 Å². The summed E-state index contributed by atoms with van der Waals surface area (Å²) >= 11 is 3.59. The lowest BCUT2D eigenvalue weighted by Gasteiger charge is -2.38. The van der Waals surface area contributed by atoms with Crippen LogP contribution in [0.4, 0.5) is 0 Å². The van der Waals surface area contributed by atoms with Crippen LogP contribution in [0, 0.1) is 5.92 Å². The highest BCUT2D eigenvalue weighted by Crippen LogP contribution is 2.34. The summed E-state index contributed by atoms with van der Waals surface area (Å²) in [5.74, 6) is 0.720. The van der Waals surface area contributed by atoms with Gasteiger partial charge >= 0.3 is 0 Å². The van der Waals surface area contributed by atoms with E-state index in [0.717, 1.165) is 47.9 Å². The number of para-hydroxylation sites is 1. The van der Waals surface area contributed by atoms with Crippen LogP contribution in [0.15, 0.2) is 34.9 Å². The fourth-order valence-corrected chi connectivity index (χ4v) is 3.77. The van der Waals surface area contributed by atoms with E-state index in [0.29, 0.717) is 5.56 Å². The molecule has 112 valence electrons. The van der Waals surface area contributed by atoms with Crippen LogP contribution in [-0.4, -0.2) is 16.8 Å². The van der Waals surface area contributed by atoms with Gasteiger partial charge in [-0.1, -0.05) is 41.1 Å². The number of carbonyl (C=O) groups is 1. The monoisotopic (exact) mass is 349 g/mol. The zero-order valence-corrected chi connectivity index (χ0v) is 13.8. The summed E-state index contributed by atoms with van der Waals surface area (Å²) in [6.45, 7) is 2.28. The second kappa shape index (κ2) is 5.84. The molecular formula is C17H20BrNO2. The van der Waals surface area contributed by atoms with E-state index in [1.807, 2.05) is 24.3 Å². The predicted molar refractivity (Wildman–Crippen MR) is 87.8 cm³/mol. The lowest BCUT2D eigenvalue weighted by molar-refractivity contribution is 0.0875. The van der Waals surface area contributed by atoms with Crippen molar-refractivity contribution in [1.82, 2.24) is 5.32 Å². The van der Waals surface area contributed by atoms with Crippen LogP contribution < -0.4 is 5.32 Å². The minimum atomic E-state index is -0.123. The lowest BCUT2D eigenvalue weighted by Crippen LogP contribution is -2.52. The topological polar surface area (TPSA) is 42.2 Å². The van der Waals surface area contributed by atoms with Crippen molar-refractivity contribution in [1.29, 1.82) is 0 Å². The molecular weight excluding hydrogens is 330 g/mol. The van der Waals surface area contributed by atoms with Gasteiger partial charge in [0.15, 0.2) is 0 Å². The van der Waals surface area contributed by atoms with Gasteiger partial charge in [0, 0.05) is 10.7 Å². The number of hydrogen-bond donors (Lipinski definition) is 1. The highest BCUT2D eigenvalue weighted by atomic mass is 79.9. The van der Waals surface area contributed by atoms with Gasteiger partial charge in [0.05, 0.1) is 11.1 Å². The molecule has 0 radical (unpaired) electrons. The molecule has 1 amide bonds. The van der Waals surface area contributed by atoms with Gasteiger partial charge in [-0.3, -0.25) is 4.79 Å². The Balaban J connectivity index is 1.82. The van der Waals surface area contributed by atoms with Crippen LogP contribution in [0.25, 0.3) is 11.0 Å². The summed E-state index contributed by atoms with van der Waals surface area (Å²) in [5, 5.41) is 4.93. The molecule has 4 heteroatoms. The smallest absolute Gasteiger partial charge is 0.255 e. The largest absolute Gasteiger partial charge is 0.463 e. The van der Waals surface area contributed by atoms with Crippen LogP contribution in [0.1, 0.15) is 43.0 Å². The first kappa shape index (κ1) is 14.6. The third kappa shape index (κ3) is 2.86. The Labute approximate surface area is 133 Å². The molecule has 3 rings (SSSR count). The molecule has 1 aliphatic rings. The van der Waals surface area contributed by atoms with E-state index in [9.17, 15) is 4.79 Å². The molecule has 21 heavy (non-hydrogen) atoms. The number of halogens is 1. The molecule has 2 aromatic rings. The van der Waals surface area contributed by atoms with Crippen LogP contribution >= 0.6 is 15.9 Å². The molecule has 1 fully saturated rings. The first-order valence-electron chi connectivity index (χ1n) is 7.48.